The van der Waals surface area contributed by atoms with Crippen LogP contribution in [-0.2, 0) is 11.3 Å². The summed E-state index contributed by atoms with van der Waals surface area (Å²) in [6, 6.07) is 10.1. The molecule has 0 amide bonds. The zero-order chi connectivity index (χ0) is 25.7. The van der Waals surface area contributed by atoms with Crippen molar-refractivity contribution in [3.05, 3.63) is 42.2 Å². The van der Waals surface area contributed by atoms with Crippen LogP contribution in [0.4, 0.5) is 19.1 Å². The molecule has 3 N–H and O–H groups in total. The SMILES string of the molecule is CC1CCCCN1Cc1cccc(-c2c[nH]c3nc(NC4CCCC4)ncc23)c1.O=C(O)C(F)(F)F. The number of aromatic nitrogens is 3. The van der Waals surface area contributed by atoms with Crippen molar-refractivity contribution in [2.24, 2.45) is 0 Å². The molecule has 2 aliphatic rings. The first-order valence-electron chi connectivity index (χ1n) is 12.4. The molecule has 7 nitrogen and oxygen atoms in total. The first-order chi connectivity index (χ1) is 17.2. The second-order valence-electron chi connectivity index (χ2n) is 9.60. The van der Waals surface area contributed by atoms with E-state index in [2.05, 4.69) is 57.6 Å². The Kier molecular flexibility index (Phi) is 8.13. The number of fused-ring (bicyclic) bond motifs is 1. The fourth-order valence-electron chi connectivity index (χ4n) is 4.93. The van der Waals surface area contributed by atoms with Crippen molar-refractivity contribution in [1.82, 2.24) is 19.9 Å². The van der Waals surface area contributed by atoms with Gasteiger partial charge in [-0.3, -0.25) is 4.90 Å². The fraction of sp³-hybridized carbons (Fsp3) is 0.500. The standard InChI is InChI=1S/C24H31N5.C2HF3O2/c1-17-7-4-5-12-29(17)16-18-8-6-9-19(13-18)21-14-25-23-22(21)15-26-24(28-23)27-20-10-2-3-11-20;3-2(4,5)1(6)7/h6,8-9,13-15,17,20H,2-5,7,10-12,16H2,1H3,(H2,25,26,27,28);(H,6,7). The average Bonchev–Trinajstić information content (AvgIpc) is 3.50. The molecule has 5 rings (SSSR count). The van der Waals surface area contributed by atoms with Crippen molar-refractivity contribution < 1.29 is 23.1 Å². The number of halogens is 3. The van der Waals surface area contributed by atoms with Crippen molar-refractivity contribution in [3.8, 4) is 11.1 Å². The number of aromatic amines is 1. The van der Waals surface area contributed by atoms with Crippen molar-refractivity contribution in [2.45, 2.75) is 76.7 Å². The zero-order valence-electron chi connectivity index (χ0n) is 20.3. The van der Waals surface area contributed by atoms with Gasteiger partial charge in [-0.1, -0.05) is 37.5 Å². The van der Waals surface area contributed by atoms with Crippen LogP contribution in [0.5, 0.6) is 0 Å². The lowest BCUT2D eigenvalue weighted by molar-refractivity contribution is -0.192. The Balaban J connectivity index is 0.000000384. The topological polar surface area (TPSA) is 94.1 Å². The number of piperidine rings is 1. The molecular weight excluding hydrogens is 471 g/mol. The quantitative estimate of drug-likeness (QED) is 0.396. The highest BCUT2D eigenvalue weighted by Gasteiger charge is 2.38. The first-order valence-corrected chi connectivity index (χ1v) is 12.4. The van der Waals surface area contributed by atoms with Gasteiger partial charge in [0, 0.05) is 42.0 Å². The molecule has 3 heterocycles. The van der Waals surface area contributed by atoms with Gasteiger partial charge in [0.05, 0.1) is 0 Å². The summed E-state index contributed by atoms with van der Waals surface area (Å²) in [6.45, 7) is 4.60. The summed E-state index contributed by atoms with van der Waals surface area (Å²) in [6.07, 6.45) is 8.01. The monoisotopic (exact) mass is 503 g/mol. The van der Waals surface area contributed by atoms with Crippen LogP contribution >= 0.6 is 0 Å². The highest BCUT2D eigenvalue weighted by Crippen LogP contribution is 2.30. The zero-order valence-corrected chi connectivity index (χ0v) is 20.3. The second-order valence-corrected chi connectivity index (χ2v) is 9.60. The molecular formula is C26H32F3N5O2. The van der Waals surface area contributed by atoms with Gasteiger partial charge in [-0.15, -0.1) is 0 Å². The summed E-state index contributed by atoms with van der Waals surface area (Å²) in [7, 11) is 0. The average molecular weight is 504 g/mol. The summed E-state index contributed by atoms with van der Waals surface area (Å²) in [4.78, 5) is 24.2. The number of hydrogen-bond donors (Lipinski definition) is 3. The summed E-state index contributed by atoms with van der Waals surface area (Å²) in [5.74, 6) is -2.02. The van der Waals surface area contributed by atoms with Crippen molar-refractivity contribution >= 4 is 23.0 Å². The lowest BCUT2D eigenvalue weighted by Crippen LogP contribution is -2.36. The van der Waals surface area contributed by atoms with Crippen LogP contribution in [0.3, 0.4) is 0 Å². The number of likely N-dealkylation sites (tertiary alicyclic amines) is 1. The van der Waals surface area contributed by atoms with E-state index in [0.717, 1.165) is 23.5 Å². The maximum Gasteiger partial charge on any atom is 0.490 e. The number of carbonyl (C=O) groups is 1. The molecule has 194 valence electrons. The number of hydrogen-bond acceptors (Lipinski definition) is 5. The Hall–Kier alpha value is -3.14. The number of benzene rings is 1. The molecule has 1 aromatic carbocycles. The fourth-order valence-corrected chi connectivity index (χ4v) is 4.93. The normalized spacial score (nSPS) is 19.2. The largest absolute Gasteiger partial charge is 0.490 e. The molecule has 1 saturated heterocycles. The van der Waals surface area contributed by atoms with Gasteiger partial charge in [-0.25, -0.2) is 9.78 Å². The molecule has 0 bridgehead atoms. The first kappa shape index (κ1) is 25.9. The molecule has 0 radical (unpaired) electrons. The molecule has 3 aromatic rings. The van der Waals surface area contributed by atoms with Gasteiger partial charge in [0.2, 0.25) is 5.95 Å². The molecule has 1 aliphatic heterocycles. The Bertz CT molecular complexity index is 1170. The molecule has 2 aromatic heterocycles. The van der Waals surface area contributed by atoms with Crippen LogP contribution < -0.4 is 5.32 Å². The van der Waals surface area contributed by atoms with Crippen molar-refractivity contribution in [2.75, 3.05) is 11.9 Å². The molecule has 1 aliphatic carbocycles. The number of nitrogens with one attached hydrogen (secondary N) is 2. The lowest BCUT2D eigenvalue weighted by atomic mass is 10.0. The molecule has 1 saturated carbocycles. The Morgan fingerprint density at radius 2 is 1.92 bits per heavy atom. The lowest BCUT2D eigenvalue weighted by Gasteiger charge is -2.33. The van der Waals surface area contributed by atoms with Gasteiger partial charge in [-0.2, -0.15) is 18.2 Å². The number of alkyl halides is 3. The van der Waals surface area contributed by atoms with E-state index in [0.29, 0.717) is 12.1 Å². The number of H-pyrrole nitrogens is 1. The summed E-state index contributed by atoms with van der Waals surface area (Å²) >= 11 is 0. The van der Waals surface area contributed by atoms with E-state index >= 15 is 0 Å². The molecule has 10 heteroatoms. The summed E-state index contributed by atoms with van der Waals surface area (Å²) in [5.41, 5.74) is 4.70. The molecule has 2 fully saturated rings. The van der Waals surface area contributed by atoms with Crippen molar-refractivity contribution in [1.29, 1.82) is 0 Å². The predicted molar refractivity (Wildman–Crippen MR) is 133 cm³/mol. The van der Waals surface area contributed by atoms with Crippen LogP contribution in [0.2, 0.25) is 0 Å². The van der Waals surface area contributed by atoms with E-state index in [1.54, 1.807) is 0 Å². The van der Waals surface area contributed by atoms with Crippen LogP contribution in [-0.4, -0.2) is 55.7 Å². The van der Waals surface area contributed by atoms with Crippen LogP contribution in [0.15, 0.2) is 36.7 Å². The van der Waals surface area contributed by atoms with Gasteiger partial charge in [0.15, 0.2) is 0 Å². The summed E-state index contributed by atoms with van der Waals surface area (Å²) < 4.78 is 31.7. The second kappa shape index (κ2) is 11.3. The maximum absolute atomic E-state index is 10.6. The number of rotatable bonds is 5. The smallest absolute Gasteiger partial charge is 0.475 e. The van der Waals surface area contributed by atoms with E-state index in [-0.39, 0.29) is 0 Å². The van der Waals surface area contributed by atoms with E-state index in [1.165, 1.54) is 68.2 Å². The third-order valence-electron chi connectivity index (χ3n) is 6.93. The van der Waals surface area contributed by atoms with Crippen LogP contribution in [0, 0.1) is 0 Å². The molecule has 1 atom stereocenters. The number of nitrogens with zero attached hydrogens (tertiary/aromatic N) is 3. The number of carboxylic acids is 1. The van der Waals surface area contributed by atoms with E-state index in [1.807, 2.05) is 6.20 Å². The highest BCUT2D eigenvalue weighted by molar-refractivity contribution is 5.93. The Morgan fingerprint density at radius 1 is 1.19 bits per heavy atom. The van der Waals surface area contributed by atoms with E-state index < -0.39 is 12.1 Å². The number of aliphatic carboxylic acids is 1. The van der Waals surface area contributed by atoms with Crippen LogP contribution in [0.25, 0.3) is 22.2 Å². The van der Waals surface area contributed by atoms with E-state index in [9.17, 15) is 13.2 Å². The minimum atomic E-state index is -5.08. The van der Waals surface area contributed by atoms with Gasteiger partial charge in [0.1, 0.15) is 5.65 Å². The minimum absolute atomic E-state index is 0.524. The molecule has 36 heavy (non-hydrogen) atoms. The van der Waals surface area contributed by atoms with Crippen molar-refractivity contribution in [3.63, 3.8) is 0 Å². The minimum Gasteiger partial charge on any atom is -0.475 e. The van der Waals surface area contributed by atoms with Gasteiger partial charge < -0.3 is 15.4 Å². The summed E-state index contributed by atoms with van der Waals surface area (Å²) in [5, 5.41) is 11.7. The van der Waals surface area contributed by atoms with E-state index in [4.69, 9.17) is 14.9 Å². The molecule has 0 spiro atoms. The third-order valence-corrected chi connectivity index (χ3v) is 6.93. The Labute approximate surface area is 208 Å². The van der Waals surface area contributed by atoms with Crippen LogP contribution in [0.1, 0.15) is 57.4 Å². The predicted octanol–water partition coefficient (Wildman–Crippen LogP) is 5.99. The number of anilines is 1. The van der Waals surface area contributed by atoms with Gasteiger partial charge in [0.25, 0.3) is 0 Å². The molecule has 1 unspecified atom stereocenters. The van der Waals surface area contributed by atoms with Gasteiger partial charge >= 0.3 is 12.1 Å². The number of carboxylic acid groups (broad SMARTS) is 1. The Morgan fingerprint density at radius 3 is 2.61 bits per heavy atom. The van der Waals surface area contributed by atoms with Gasteiger partial charge in [-0.05, 0) is 56.3 Å². The maximum atomic E-state index is 10.6. The third kappa shape index (κ3) is 6.54. The highest BCUT2D eigenvalue weighted by atomic mass is 19.4.